The summed E-state index contributed by atoms with van der Waals surface area (Å²) in [6.45, 7) is 1.80. The summed E-state index contributed by atoms with van der Waals surface area (Å²) >= 11 is 3.42. The molecule has 2 amide bonds. The van der Waals surface area contributed by atoms with Gasteiger partial charge < -0.3 is 5.32 Å². The number of hydrazone groups is 1. The fourth-order valence-corrected chi connectivity index (χ4v) is 3.03. The second-order valence-electron chi connectivity index (χ2n) is 6.44. The molecule has 0 aliphatic carbocycles. The molecule has 0 fully saturated rings. The van der Waals surface area contributed by atoms with Crippen molar-refractivity contribution >= 4 is 39.5 Å². The van der Waals surface area contributed by atoms with Crippen molar-refractivity contribution in [3.63, 3.8) is 0 Å². The molecule has 0 saturated carbocycles. The first kappa shape index (κ1) is 21.2. The molecule has 0 aliphatic heterocycles. The Morgan fingerprint density at radius 1 is 0.867 bits per heavy atom. The van der Waals surface area contributed by atoms with Gasteiger partial charge in [0, 0.05) is 10.0 Å². The smallest absolute Gasteiger partial charge is 0.287 e. The lowest BCUT2D eigenvalue weighted by Crippen LogP contribution is -2.33. The zero-order valence-electron chi connectivity index (χ0n) is 16.3. The van der Waals surface area contributed by atoms with Gasteiger partial charge in [0.25, 0.3) is 11.8 Å². The van der Waals surface area contributed by atoms with E-state index < -0.39 is 5.91 Å². The van der Waals surface area contributed by atoms with Gasteiger partial charge in [-0.05, 0) is 48.4 Å². The summed E-state index contributed by atoms with van der Waals surface area (Å²) in [5, 5.41) is 6.87. The Bertz CT molecular complexity index is 1090. The highest BCUT2D eigenvalue weighted by molar-refractivity contribution is 9.10. The normalized spacial score (nSPS) is 11.7. The minimum absolute atomic E-state index is 0.0980. The van der Waals surface area contributed by atoms with Crippen LogP contribution in [0.3, 0.4) is 0 Å². The van der Waals surface area contributed by atoms with E-state index in [1.807, 2.05) is 60.7 Å². The zero-order chi connectivity index (χ0) is 21.3. The number of hydrogen-bond acceptors (Lipinski definition) is 3. The van der Waals surface area contributed by atoms with Crippen molar-refractivity contribution in [2.45, 2.75) is 6.92 Å². The largest absolute Gasteiger partial charge is 0.317 e. The minimum Gasteiger partial charge on any atom is -0.317 e. The van der Waals surface area contributed by atoms with Crippen LogP contribution in [0.5, 0.6) is 0 Å². The first-order valence-electron chi connectivity index (χ1n) is 9.26. The topological polar surface area (TPSA) is 70.6 Å². The minimum atomic E-state index is -0.516. The Morgan fingerprint density at radius 2 is 1.50 bits per heavy atom. The molecule has 3 rings (SSSR count). The number of nitrogens with zero attached hydrogens (tertiary/aromatic N) is 1. The molecule has 3 aromatic carbocycles. The molecule has 0 aliphatic rings. The number of carbonyl (C=O) groups is 2. The van der Waals surface area contributed by atoms with Gasteiger partial charge in [0.15, 0.2) is 0 Å². The van der Waals surface area contributed by atoms with Crippen LogP contribution in [0.1, 0.15) is 28.4 Å². The number of nitrogens with one attached hydrogen (secondary N) is 2. The molecule has 2 N–H and O–H groups in total. The van der Waals surface area contributed by atoms with Crippen LogP contribution in [0.25, 0.3) is 6.08 Å². The average Bonchev–Trinajstić information content (AvgIpc) is 2.78. The summed E-state index contributed by atoms with van der Waals surface area (Å²) in [6, 6.07) is 25.6. The molecule has 0 bridgehead atoms. The number of carbonyl (C=O) groups excluding carboxylic acids is 2. The summed E-state index contributed by atoms with van der Waals surface area (Å²) in [5.74, 6) is -0.891. The summed E-state index contributed by atoms with van der Waals surface area (Å²) in [4.78, 5) is 25.4. The molecule has 30 heavy (non-hydrogen) atoms. The summed E-state index contributed by atoms with van der Waals surface area (Å²) < 4.78 is 0.917. The van der Waals surface area contributed by atoms with E-state index in [4.69, 9.17) is 0 Å². The van der Waals surface area contributed by atoms with Crippen molar-refractivity contribution in [2.75, 3.05) is 0 Å². The Kier molecular flexibility index (Phi) is 7.29. The maximum absolute atomic E-state index is 12.8. The quantitative estimate of drug-likeness (QED) is 0.315. The average molecular weight is 462 g/mol. The monoisotopic (exact) mass is 461 g/mol. The van der Waals surface area contributed by atoms with E-state index >= 15 is 0 Å². The van der Waals surface area contributed by atoms with Crippen molar-refractivity contribution in [3.05, 3.63) is 112 Å². The highest BCUT2D eigenvalue weighted by atomic mass is 79.9. The van der Waals surface area contributed by atoms with E-state index in [0.717, 1.165) is 15.6 Å². The van der Waals surface area contributed by atoms with Crippen molar-refractivity contribution in [1.82, 2.24) is 10.7 Å². The predicted molar refractivity (Wildman–Crippen MR) is 123 cm³/mol. The third-order valence-corrected chi connectivity index (χ3v) is 4.70. The Balaban J connectivity index is 1.82. The predicted octanol–water partition coefficient (Wildman–Crippen LogP) is 4.76. The molecule has 5 nitrogen and oxygen atoms in total. The standard InChI is InChI=1S/C24H20BrN3O2/c1-17(20-13-8-14-21(25)16-20)27-28-24(30)22(15-18-9-4-2-5-10-18)26-23(29)19-11-6-3-7-12-19/h2-16H,1H3,(H,26,29)(H,28,30)/b22-15+,27-17?. The Labute approximate surface area is 183 Å². The second kappa shape index (κ2) is 10.3. The van der Waals surface area contributed by atoms with Crippen molar-refractivity contribution in [2.24, 2.45) is 5.10 Å². The lowest BCUT2D eigenvalue weighted by molar-refractivity contribution is -0.117. The first-order chi connectivity index (χ1) is 14.5. The number of rotatable bonds is 6. The number of hydrogen-bond donors (Lipinski definition) is 2. The Morgan fingerprint density at radius 3 is 2.17 bits per heavy atom. The Hall–Kier alpha value is -3.51. The number of halogens is 1. The van der Waals surface area contributed by atoms with Crippen LogP contribution in [0.2, 0.25) is 0 Å². The van der Waals surface area contributed by atoms with Crippen LogP contribution in [0.15, 0.2) is 100 Å². The lowest BCUT2D eigenvalue weighted by Gasteiger charge is -2.10. The molecule has 150 valence electrons. The molecule has 0 spiro atoms. The van der Waals surface area contributed by atoms with Gasteiger partial charge in [0.2, 0.25) is 0 Å². The molecule has 0 heterocycles. The molecule has 0 saturated heterocycles. The molecule has 0 unspecified atom stereocenters. The zero-order valence-corrected chi connectivity index (χ0v) is 17.9. The second-order valence-corrected chi connectivity index (χ2v) is 7.35. The van der Waals surface area contributed by atoms with Gasteiger partial charge in [-0.3, -0.25) is 9.59 Å². The highest BCUT2D eigenvalue weighted by Crippen LogP contribution is 2.12. The molecular weight excluding hydrogens is 442 g/mol. The molecule has 6 heteroatoms. The van der Waals surface area contributed by atoms with Crippen LogP contribution in [0.4, 0.5) is 0 Å². The molecule has 3 aromatic rings. The highest BCUT2D eigenvalue weighted by Gasteiger charge is 2.14. The van der Waals surface area contributed by atoms with E-state index in [9.17, 15) is 9.59 Å². The summed E-state index contributed by atoms with van der Waals surface area (Å²) in [5.41, 5.74) is 5.37. The molecular formula is C24H20BrN3O2. The molecule has 0 aromatic heterocycles. The van der Waals surface area contributed by atoms with Gasteiger partial charge in [-0.15, -0.1) is 0 Å². The van der Waals surface area contributed by atoms with E-state index in [-0.39, 0.29) is 11.6 Å². The summed E-state index contributed by atoms with van der Waals surface area (Å²) in [7, 11) is 0. The van der Waals surface area contributed by atoms with Crippen LogP contribution in [-0.4, -0.2) is 17.5 Å². The third-order valence-electron chi connectivity index (χ3n) is 4.21. The summed E-state index contributed by atoms with van der Waals surface area (Å²) in [6.07, 6.45) is 1.61. The van der Waals surface area contributed by atoms with Gasteiger partial charge in [0.05, 0.1) is 5.71 Å². The van der Waals surface area contributed by atoms with Crippen molar-refractivity contribution in [1.29, 1.82) is 0 Å². The van der Waals surface area contributed by atoms with Crippen molar-refractivity contribution in [3.8, 4) is 0 Å². The third kappa shape index (κ3) is 5.99. The van der Waals surface area contributed by atoms with Crippen LogP contribution < -0.4 is 10.7 Å². The number of benzene rings is 3. The van der Waals surface area contributed by atoms with Crippen molar-refractivity contribution < 1.29 is 9.59 Å². The van der Waals surface area contributed by atoms with E-state index in [1.165, 1.54) is 0 Å². The van der Waals surface area contributed by atoms with Gasteiger partial charge >= 0.3 is 0 Å². The SMILES string of the molecule is CC(=NNC(=O)/C(=C\c1ccccc1)NC(=O)c1ccccc1)c1cccc(Br)c1. The van der Waals surface area contributed by atoms with Gasteiger partial charge in [-0.2, -0.15) is 5.10 Å². The van der Waals surface area contributed by atoms with Crippen LogP contribution in [0, 0.1) is 0 Å². The van der Waals surface area contributed by atoms with E-state index in [1.54, 1.807) is 37.3 Å². The molecule has 0 radical (unpaired) electrons. The fraction of sp³-hybridized carbons (Fsp3) is 0.0417. The van der Waals surface area contributed by atoms with E-state index in [0.29, 0.717) is 11.3 Å². The fourth-order valence-electron chi connectivity index (χ4n) is 2.63. The van der Waals surface area contributed by atoms with Crippen LogP contribution in [-0.2, 0) is 4.79 Å². The molecule has 0 atom stereocenters. The maximum atomic E-state index is 12.8. The maximum Gasteiger partial charge on any atom is 0.287 e. The van der Waals surface area contributed by atoms with E-state index in [2.05, 4.69) is 31.8 Å². The van der Waals surface area contributed by atoms with Gasteiger partial charge in [0.1, 0.15) is 5.70 Å². The lowest BCUT2D eigenvalue weighted by atomic mass is 10.1. The van der Waals surface area contributed by atoms with Gasteiger partial charge in [-0.25, -0.2) is 5.43 Å². The van der Waals surface area contributed by atoms with Gasteiger partial charge in [-0.1, -0.05) is 76.6 Å². The number of amides is 2. The first-order valence-corrected chi connectivity index (χ1v) is 10.1. The van der Waals surface area contributed by atoms with Crippen LogP contribution >= 0.6 is 15.9 Å².